The summed E-state index contributed by atoms with van der Waals surface area (Å²) >= 11 is 0. The zero-order chi connectivity index (χ0) is 14.5. The number of amides is 1. The molecule has 1 aromatic rings. The molecule has 4 nitrogen and oxygen atoms in total. The molecule has 0 fully saturated rings. The molecule has 0 spiro atoms. The minimum atomic E-state index is 0.0349. The molecule has 1 amide bonds. The Kier molecular flexibility index (Phi) is 5.01. The number of rotatable bonds is 5. The Morgan fingerprint density at radius 3 is 2.85 bits per heavy atom. The van der Waals surface area contributed by atoms with Gasteiger partial charge in [-0.05, 0) is 50.3 Å². The van der Waals surface area contributed by atoms with Crippen LogP contribution in [0, 0.1) is 0 Å². The van der Waals surface area contributed by atoms with Crippen molar-refractivity contribution < 1.29 is 9.53 Å². The number of benzene rings is 1. The van der Waals surface area contributed by atoms with Crippen molar-refractivity contribution in [2.45, 2.75) is 39.2 Å². The lowest BCUT2D eigenvalue weighted by Gasteiger charge is -2.25. The molecule has 1 aliphatic rings. The molecule has 20 heavy (non-hydrogen) atoms. The summed E-state index contributed by atoms with van der Waals surface area (Å²) in [6, 6.07) is 6.06. The van der Waals surface area contributed by atoms with Crippen LogP contribution < -0.4 is 10.5 Å². The molecule has 0 bridgehead atoms. The number of carbonyl (C=O) groups is 1. The van der Waals surface area contributed by atoms with Gasteiger partial charge in [0.05, 0.1) is 0 Å². The van der Waals surface area contributed by atoms with E-state index >= 15 is 0 Å². The zero-order valence-corrected chi connectivity index (χ0v) is 12.4. The van der Waals surface area contributed by atoms with Crippen molar-refractivity contribution in [3.05, 3.63) is 29.3 Å². The summed E-state index contributed by atoms with van der Waals surface area (Å²) in [6.07, 6.45) is 3.09. The average Bonchev–Trinajstić information content (AvgIpc) is 2.47. The Bertz CT molecular complexity index is 470. The first-order valence-electron chi connectivity index (χ1n) is 7.45. The Hall–Kier alpha value is -1.55. The van der Waals surface area contributed by atoms with Gasteiger partial charge in [-0.3, -0.25) is 4.79 Å². The highest BCUT2D eigenvalue weighted by molar-refractivity contribution is 5.77. The summed E-state index contributed by atoms with van der Waals surface area (Å²) in [7, 11) is 0. The Labute approximate surface area is 120 Å². The van der Waals surface area contributed by atoms with E-state index < -0.39 is 0 Å². The van der Waals surface area contributed by atoms with E-state index in [1.807, 2.05) is 26.0 Å². The van der Waals surface area contributed by atoms with Crippen LogP contribution in [0.15, 0.2) is 18.2 Å². The van der Waals surface area contributed by atoms with Gasteiger partial charge in [0.25, 0.3) is 5.91 Å². The molecule has 2 N–H and O–H groups in total. The number of hydrogen-bond acceptors (Lipinski definition) is 3. The molecule has 0 aromatic heterocycles. The predicted octanol–water partition coefficient (Wildman–Crippen LogP) is 2.27. The normalized spacial score (nSPS) is 17.4. The van der Waals surface area contributed by atoms with Crippen molar-refractivity contribution in [2.24, 2.45) is 5.73 Å². The van der Waals surface area contributed by atoms with Crippen LogP contribution >= 0.6 is 0 Å². The van der Waals surface area contributed by atoms with Gasteiger partial charge in [-0.2, -0.15) is 0 Å². The molecule has 1 aromatic carbocycles. The van der Waals surface area contributed by atoms with E-state index in [2.05, 4.69) is 6.07 Å². The van der Waals surface area contributed by atoms with E-state index in [0.717, 1.165) is 38.1 Å². The van der Waals surface area contributed by atoms with Crippen LogP contribution in [0.5, 0.6) is 5.75 Å². The van der Waals surface area contributed by atoms with E-state index in [9.17, 15) is 4.79 Å². The van der Waals surface area contributed by atoms with Crippen LogP contribution in [0.25, 0.3) is 0 Å². The average molecular weight is 276 g/mol. The predicted molar refractivity (Wildman–Crippen MR) is 79.7 cm³/mol. The quantitative estimate of drug-likeness (QED) is 0.897. The van der Waals surface area contributed by atoms with E-state index in [0.29, 0.717) is 0 Å². The Morgan fingerprint density at radius 1 is 1.40 bits per heavy atom. The molecule has 0 saturated carbocycles. The molecule has 2 rings (SSSR count). The monoisotopic (exact) mass is 276 g/mol. The lowest BCUT2D eigenvalue weighted by atomic mass is 9.88. The topological polar surface area (TPSA) is 55.6 Å². The highest BCUT2D eigenvalue weighted by atomic mass is 16.5. The fourth-order valence-corrected chi connectivity index (χ4v) is 2.79. The second kappa shape index (κ2) is 6.75. The molecule has 0 aliphatic heterocycles. The van der Waals surface area contributed by atoms with Gasteiger partial charge in [0.1, 0.15) is 5.75 Å². The fraction of sp³-hybridized carbons (Fsp3) is 0.562. The molecular weight excluding hydrogens is 252 g/mol. The van der Waals surface area contributed by atoms with Crippen LogP contribution in [0.4, 0.5) is 0 Å². The molecule has 1 unspecified atom stereocenters. The standard InChI is InChI=1S/C16H24N2O2/c1-3-18(4-2)16(19)11-20-15-10-6-7-12-13(15)8-5-9-14(12)17/h6-7,10,14H,3-5,8-9,11,17H2,1-2H3. The molecule has 1 atom stereocenters. The number of fused-ring (bicyclic) bond motifs is 1. The first-order chi connectivity index (χ1) is 9.67. The molecule has 0 heterocycles. The lowest BCUT2D eigenvalue weighted by Crippen LogP contribution is -2.34. The highest BCUT2D eigenvalue weighted by Gasteiger charge is 2.20. The Balaban J connectivity index is 2.07. The van der Waals surface area contributed by atoms with Gasteiger partial charge in [0, 0.05) is 19.1 Å². The first kappa shape index (κ1) is 14.9. The molecule has 0 radical (unpaired) electrons. The van der Waals surface area contributed by atoms with Crippen molar-refractivity contribution in [2.75, 3.05) is 19.7 Å². The van der Waals surface area contributed by atoms with E-state index in [1.165, 1.54) is 11.1 Å². The number of carbonyl (C=O) groups excluding carboxylic acids is 1. The largest absolute Gasteiger partial charge is 0.483 e. The summed E-state index contributed by atoms with van der Waals surface area (Å²) in [5, 5.41) is 0. The smallest absolute Gasteiger partial charge is 0.260 e. The van der Waals surface area contributed by atoms with E-state index in [4.69, 9.17) is 10.5 Å². The van der Waals surface area contributed by atoms with Crippen molar-refractivity contribution >= 4 is 5.91 Å². The van der Waals surface area contributed by atoms with Crippen LogP contribution in [0.1, 0.15) is 43.9 Å². The summed E-state index contributed by atoms with van der Waals surface area (Å²) in [5.41, 5.74) is 8.48. The van der Waals surface area contributed by atoms with Gasteiger partial charge < -0.3 is 15.4 Å². The third kappa shape index (κ3) is 3.12. The molecule has 0 saturated heterocycles. The van der Waals surface area contributed by atoms with E-state index in [-0.39, 0.29) is 18.6 Å². The highest BCUT2D eigenvalue weighted by Crippen LogP contribution is 2.33. The number of nitrogens with two attached hydrogens (primary N) is 1. The minimum Gasteiger partial charge on any atom is -0.483 e. The third-order valence-corrected chi connectivity index (χ3v) is 3.98. The SMILES string of the molecule is CCN(CC)C(=O)COc1cccc2c1CCCC2N. The summed E-state index contributed by atoms with van der Waals surface area (Å²) in [4.78, 5) is 13.8. The second-order valence-corrected chi connectivity index (χ2v) is 5.18. The summed E-state index contributed by atoms with van der Waals surface area (Å²) in [5.74, 6) is 0.853. The van der Waals surface area contributed by atoms with Gasteiger partial charge in [0.15, 0.2) is 6.61 Å². The van der Waals surface area contributed by atoms with Gasteiger partial charge in [0.2, 0.25) is 0 Å². The number of likely N-dealkylation sites (N-methyl/N-ethyl adjacent to an activating group) is 1. The van der Waals surface area contributed by atoms with Crippen LogP contribution in [-0.2, 0) is 11.2 Å². The fourth-order valence-electron chi connectivity index (χ4n) is 2.79. The maximum atomic E-state index is 12.0. The number of ether oxygens (including phenoxy) is 1. The van der Waals surface area contributed by atoms with Crippen LogP contribution in [0.3, 0.4) is 0 Å². The van der Waals surface area contributed by atoms with Gasteiger partial charge >= 0.3 is 0 Å². The molecular formula is C16H24N2O2. The maximum Gasteiger partial charge on any atom is 0.260 e. The Morgan fingerprint density at radius 2 is 2.15 bits per heavy atom. The van der Waals surface area contributed by atoms with Gasteiger partial charge in [-0.1, -0.05) is 12.1 Å². The van der Waals surface area contributed by atoms with E-state index in [1.54, 1.807) is 4.90 Å². The summed E-state index contributed by atoms with van der Waals surface area (Å²) < 4.78 is 5.75. The molecule has 4 heteroatoms. The third-order valence-electron chi connectivity index (χ3n) is 3.98. The molecule has 110 valence electrons. The van der Waals surface area contributed by atoms with Crippen LogP contribution in [-0.4, -0.2) is 30.5 Å². The van der Waals surface area contributed by atoms with Crippen LogP contribution in [0.2, 0.25) is 0 Å². The molecule has 1 aliphatic carbocycles. The van der Waals surface area contributed by atoms with Gasteiger partial charge in [-0.25, -0.2) is 0 Å². The lowest BCUT2D eigenvalue weighted by molar-refractivity contribution is -0.132. The van der Waals surface area contributed by atoms with Crippen molar-refractivity contribution in [1.82, 2.24) is 4.90 Å². The minimum absolute atomic E-state index is 0.0349. The van der Waals surface area contributed by atoms with Crippen molar-refractivity contribution in [3.63, 3.8) is 0 Å². The zero-order valence-electron chi connectivity index (χ0n) is 12.4. The number of hydrogen-bond donors (Lipinski definition) is 1. The maximum absolute atomic E-state index is 12.0. The van der Waals surface area contributed by atoms with Crippen molar-refractivity contribution in [3.8, 4) is 5.75 Å². The van der Waals surface area contributed by atoms with Gasteiger partial charge in [-0.15, -0.1) is 0 Å². The second-order valence-electron chi connectivity index (χ2n) is 5.18. The summed E-state index contributed by atoms with van der Waals surface area (Å²) in [6.45, 7) is 5.50. The first-order valence-corrected chi connectivity index (χ1v) is 7.45. The number of nitrogens with zero attached hydrogens (tertiary/aromatic N) is 1. The van der Waals surface area contributed by atoms with Crippen molar-refractivity contribution in [1.29, 1.82) is 0 Å².